The van der Waals surface area contributed by atoms with Crippen LogP contribution in [0.3, 0.4) is 0 Å². The SMILES string of the molecule is CCCCCCCC/C=C\CCCCCC(CCC)[n+]1cc[nH]c1. The molecule has 0 aliphatic carbocycles. The second kappa shape index (κ2) is 15.5. The molecule has 2 nitrogen and oxygen atoms in total. The fourth-order valence-corrected chi connectivity index (χ4v) is 3.40. The van der Waals surface area contributed by atoms with Gasteiger partial charge in [0.1, 0.15) is 18.4 Å². The Morgan fingerprint density at radius 3 is 2.08 bits per heavy atom. The van der Waals surface area contributed by atoms with Gasteiger partial charge in [-0.25, -0.2) is 4.57 Å². The fraction of sp³-hybridized carbons (Fsp3) is 0.773. The van der Waals surface area contributed by atoms with Gasteiger partial charge in [-0.15, -0.1) is 0 Å². The lowest BCUT2D eigenvalue weighted by Crippen LogP contribution is -2.36. The average molecular weight is 334 g/mol. The fourth-order valence-electron chi connectivity index (χ4n) is 3.40. The van der Waals surface area contributed by atoms with Gasteiger partial charge in [0, 0.05) is 0 Å². The van der Waals surface area contributed by atoms with E-state index in [0.717, 1.165) is 0 Å². The van der Waals surface area contributed by atoms with E-state index in [1.165, 1.54) is 89.9 Å². The minimum absolute atomic E-state index is 0.685. The van der Waals surface area contributed by atoms with E-state index in [1.54, 1.807) is 0 Å². The maximum atomic E-state index is 3.17. The third-order valence-corrected chi connectivity index (χ3v) is 4.91. The molecule has 1 rings (SSSR count). The van der Waals surface area contributed by atoms with Gasteiger partial charge in [-0.05, 0) is 44.9 Å². The molecule has 138 valence electrons. The predicted molar refractivity (Wildman–Crippen MR) is 105 cm³/mol. The highest BCUT2D eigenvalue weighted by Crippen LogP contribution is 2.16. The molecule has 0 radical (unpaired) electrons. The Balaban J connectivity index is 1.94. The Labute approximate surface area is 150 Å². The summed E-state index contributed by atoms with van der Waals surface area (Å²) in [7, 11) is 0. The summed E-state index contributed by atoms with van der Waals surface area (Å²) in [5, 5.41) is 0. The Kier molecular flexibility index (Phi) is 13.5. The quantitative estimate of drug-likeness (QED) is 0.193. The third-order valence-electron chi connectivity index (χ3n) is 4.91. The molecule has 0 saturated heterocycles. The molecule has 0 amide bonds. The van der Waals surface area contributed by atoms with E-state index in [-0.39, 0.29) is 0 Å². The number of H-pyrrole nitrogens is 1. The summed E-state index contributed by atoms with van der Waals surface area (Å²) >= 11 is 0. The number of rotatable bonds is 16. The average Bonchev–Trinajstić information content (AvgIpc) is 3.12. The summed E-state index contributed by atoms with van der Waals surface area (Å²) in [4.78, 5) is 3.17. The molecule has 1 heterocycles. The molecule has 1 N–H and O–H groups in total. The normalized spacial score (nSPS) is 12.9. The number of allylic oxidation sites excluding steroid dienone is 2. The number of hydrogen-bond donors (Lipinski definition) is 1. The summed E-state index contributed by atoms with van der Waals surface area (Å²) in [6.07, 6.45) is 30.1. The van der Waals surface area contributed by atoms with E-state index in [1.807, 2.05) is 6.20 Å². The van der Waals surface area contributed by atoms with Crippen LogP contribution in [0.1, 0.15) is 110 Å². The van der Waals surface area contributed by atoms with Crippen molar-refractivity contribution in [3.8, 4) is 0 Å². The van der Waals surface area contributed by atoms with Crippen LogP contribution >= 0.6 is 0 Å². The predicted octanol–water partition coefficient (Wildman–Crippen LogP) is 6.90. The number of nitrogens with one attached hydrogen (secondary N) is 1. The van der Waals surface area contributed by atoms with Crippen molar-refractivity contribution in [2.75, 3.05) is 0 Å². The van der Waals surface area contributed by atoms with Gasteiger partial charge in [0.05, 0.1) is 0 Å². The van der Waals surface area contributed by atoms with Crippen LogP contribution in [-0.2, 0) is 0 Å². The highest BCUT2D eigenvalue weighted by Gasteiger charge is 2.13. The number of imidazole rings is 1. The first-order valence-electron chi connectivity index (χ1n) is 10.6. The number of nitrogens with zero attached hydrogens (tertiary/aromatic N) is 1. The van der Waals surface area contributed by atoms with Crippen molar-refractivity contribution in [3.63, 3.8) is 0 Å². The van der Waals surface area contributed by atoms with Gasteiger partial charge in [-0.2, -0.15) is 0 Å². The van der Waals surface area contributed by atoms with Crippen LogP contribution in [0.2, 0.25) is 0 Å². The molecular formula is C22H41N2+. The first kappa shape index (κ1) is 21.0. The lowest BCUT2D eigenvalue weighted by molar-refractivity contribution is -0.723. The Bertz CT molecular complexity index is 381. The summed E-state index contributed by atoms with van der Waals surface area (Å²) in [5.74, 6) is 0. The number of aromatic amines is 1. The van der Waals surface area contributed by atoms with Crippen LogP contribution in [-0.4, -0.2) is 4.98 Å². The van der Waals surface area contributed by atoms with Crippen LogP contribution in [0.5, 0.6) is 0 Å². The van der Waals surface area contributed by atoms with Gasteiger partial charge in [0.15, 0.2) is 0 Å². The van der Waals surface area contributed by atoms with Crippen LogP contribution in [0.15, 0.2) is 30.9 Å². The topological polar surface area (TPSA) is 19.7 Å². The first-order chi connectivity index (χ1) is 11.9. The van der Waals surface area contributed by atoms with Gasteiger partial charge < -0.3 is 0 Å². The molecule has 0 aromatic carbocycles. The molecule has 1 aromatic heterocycles. The molecule has 0 spiro atoms. The summed E-state index contributed by atoms with van der Waals surface area (Å²) in [5.41, 5.74) is 0. The maximum Gasteiger partial charge on any atom is 0.241 e. The monoisotopic (exact) mass is 333 g/mol. The van der Waals surface area contributed by atoms with Crippen LogP contribution in [0.25, 0.3) is 0 Å². The van der Waals surface area contributed by atoms with E-state index < -0.39 is 0 Å². The lowest BCUT2D eigenvalue weighted by atomic mass is 10.0. The first-order valence-corrected chi connectivity index (χ1v) is 10.6. The second-order valence-corrected chi connectivity index (χ2v) is 7.17. The van der Waals surface area contributed by atoms with E-state index in [9.17, 15) is 0 Å². The molecule has 1 unspecified atom stereocenters. The number of aromatic nitrogens is 2. The number of hydrogen-bond acceptors (Lipinski definition) is 0. The van der Waals surface area contributed by atoms with E-state index in [0.29, 0.717) is 6.04 Å². The maximum absolute atomic E-state index is 3.17. The molecule has 0 bridgehead atoms. The van der Waals surface area contributed by atoms with Crippen LogP contribution in [0, 0.1) is 0 Å². The van der Waals surface area contributed by atoms with E-state index in [4.69, 9.17) is 0 Å². The molecule has 0 aliphatic heterocycles. The van der Waals surface area contributed by atoms with E-state index in [2.05, 4.69) is 48.1 Å². The van der Waals surface area contributed by atoms with Crippen molar-refractivity contribution in [2.45, 2.75) is 110 Å². The van der Waals surface area contributed by atoms with Crippen molar-refractivity contribution in [2.24, 2.45) is 0 Å². The second-order valence-electron chi connectivity index (χ2n) is 7.17. The molecular weight excluding hydrogens is 292 g/mol. The van der Waals surface area contributed by atoms with Gasteiger partial charge in [0.2, 0.25) is 6.33 Å². The standard InChI is InChI=1S/C22H40N2/c1-3-5-6-7-8-9-10-11-12-13-14-15-16-18-22(17-4-2)24-20-19-23-21-24/h11-12,19-22H,3-10,13-18H2,1-2H3/p+1/b12-11-. The van der Waals surface area contributed by atoms with Crippen molar-refractivity contribution in [3.05, 3.63) is 30.9 Å². The van der Waals surface area contributed by atoms with Gasteiger partial charge >= 0.3 is 0 Å². The molecule has 2 heteroatoms. The van der Waals surface area contributed by atoms with Gasteiger partial charge in [0.25, 0.3) is 0 Å². The molecule has 24 heavy (non-hydrogen) atoms. The molecule has 0 saturated carbocycles. The minimum atomic E-state index is 0.685. The van der Waals surface area contributed by atoms with Crippen molar-refractivity contribution in [1.82, 2.24) is 4.98 Å². The smallest absolute Gasteiger partial charge is 0.241 e. The zero-order valence-electron chi connectivity index (χ0n) is 16.3. The van der Waals surface area contributed by atoms with Crippen LogP contribution in [0.4, 0.5) is 0 Å². The summed E-state index contributed by atoms with van der Waals surface area (Å²) in [6, 6.07) is 0.685. The summed E-state index contributed by atoms with van der Waals surface area (Å²) in [6.45, 7) is 4.57. The highest BCUT2D eigenvalue weighted by atomic mass is 15.0. The molecule has 1 aromatic rings. The zero-order valence-corrected chi connectivity index (χ0v) is 16.3. The third kappa shape index (κ3) is 10.7. The lowest BCUT2D eigenvalue weighted by Gasteiger charge is -2.12. The number of unbranched alkanes of at least 4 members (excludes halogenated alkanes) is 9. The van der Waals surface area contributed by atoms with Crippen molar-refractivity contribution < 1.29 is 4.57 Å². The zero-order chi connectivity index (χ0) is 17.3. The van der Waals surface area contributed by atoms with Crippen molar-refractivity contribution in [1.29, 1.82) is 0 Å². The largest absolute Gasteiger partial charge is 0.250 e. The highest BCUT2D eigenvalue weighted by molar-refractivity contribution is 4.81. The molecule has 0 fully saturated rings. The summed E-state index contributed by atoms with van der Waals surface area (Å²) < 4.78 is 2.35. The minimum Gasteiger partial charge on any atom is -0.250 e. The van der Waals surface area contributed by atoms with Gasteiger partial charge in [-0.1, -0.05) is 70.9 Å². The van der Waals surface area contributed by atoms with Crippen LogP contribution < -0.4 is 4.57 Å². The Morgan fingerprint density at radius 2 is 1.46 bits per heavy atom. The van der Waals surface area contributed by atoms with E-state index >= 15 is 0 Å². The molecule has 0 aliphatic rings. The van der Waals surface area contributed by atoms with Crippen molar-refractivity contribution >= 4 is 0 Å². The van der Waals surface area contributed by atoms with Gasteiger partial charge in [-0.3, -0.25) is 4.98 Å². The Hall–Kier alpha value is -1.05. The Morgan fingerprint density at radius 1 is 0.792 bits per heavy atom. The molecule has 1 atom stereocenters.